The first-order valence-corrected chi connectivity index (χ1v) is 4.06. The highest BCUT2D eigenvalue weighted by Crippen LogP contribution is 2.02. The highest BCUT2D eigenvalue weighted by Gasteiger charge is 2.05. The molecule has 11 heavy (non-hydrogen) atoms. The number of amides is 1. The monoisotopic (exact) mass is 159 g/mol. The van der Waals surface area contributed by atoms with Crippen molar-refractivity contribution in [3.8, 4) is 0 Å². The van der Waals surface area contributed by atoms with Gasteiger partial charge in [0.25, 0.3) is 0 Å². The third-order valence-electron chi connectivity index (χ3n) is 1.59. The summed E-state index contributed by atoms with van der Waals surface area (Å²) in [5.41, 5.74) is 0. The molecule has 0 radical (unpaired) electrons. The van der Waals surface area contributed by atoms with E-state index in [2.05, 4.69) is 12.2 Å². The molecule has 0 aromatic rings. The Hall–Kier alpha value is -0.570. The van der Waals surface area contributed by atoms with Crippen LogP contribution in [-0.2, 0) is 4.79 Å². The SMILES string of the molecule is CCCC(CO)CNC(C)=O. The minimum absolute atomic E-state index is 0.0282. The van der Waals surface area contributed by atoms with E-state index in [0.29, 0.717) is 6.54 Å². The van der Waals surface area contributed by atoms with Crippen LogP contribution in [0.1, 0.15) is 26.7 Å². The van der Waals surface area contributed by atoms with Crippen LogP contribution in [0, 0.1) is 5.92 Å². The summed E-state index contributed by atoms with van der Waals surface area (Å²) in [6.07, 6.45) is 2.02. The third kappa shape index (κ3) is 5.85. The summed E-state index contributed by atoms with van der Waals surface area (Å²) in [6, 6.07) is 0. The van der Waals surface area contributed by atoms with Crippen molar-refractivity contribution in [2.24, 2.45) is 5.92 Å². The summed E-state index contributed by atoms with van der Waals surface area (Å²) >= 11 is 0. The maximum atomic E-state index is 10.5. The van der Waals surface area contributed by atoms with Crippen molar-refractivity contribution in [2.75, 3.05) is 13.2 Å². The van der Waals surface area contributed by atoms with E-state index in [1.54, 1.807) is 0 Å². The number of aliphatic hydroxyl groups is 1. The van der Waals surface area contributed by atoms with Gasteiger partial charge in [0, 0.05) is 20.1 Å². The zero-order valence-electron chi connectivity index (χ0n) is 7.26. The molecule has 0 bridgehead atoms. The highest BCUT2D eigenvalue weighted by atomic mass is 16.3. The smallest absolute Gasteiger partial charge is 0.216 e. The fraction of sp³-hybridized carbons (Fsp3) is 0.875. The molecule has 0 saturated carbocycles. The lowest BCUT2D eigenvalue weighted by Crippen LogP contribution is -2.28. The number of carbonyl (C=O) groups is 1. The quantitative estimate of drug-likeness (QED) is 0.614. The summed E-state index contributed by atoms with van der Waals surface area (Å²) in [5.74, 6) is 0.198. The lowest BCUT2D eigenvalue weighted by atomic mass is 10.1. The minimum atomic E-state index is -0.0282. The van der Waals surface area contributed by atoms with Crippen LogP contribution < -0.4 is 5.32 Å². The van der Waals surface area contributed by atoms with Crippen molar-refractivity contribution in [1.29, 1.82) is 0 Å². The predicted octanol–water partition coefficient (Wildman–Crippen LogP) is 0.531. The summed E-state index contributed by atoms with van der Waals surface area (Å²) < 4.78 is 0. The molecule has 0 heterocycles. The molecule has 0 spiro atoms. The zero-order valence-corrected chi connectivity index (χ0v) is 7.26. The number of nitrogens with one attached hydrogen (secondary N) is 1. The fourth-order valence-electron chi connectivity index (χ4n) is 0.954. The summed E-state index contributed by atoms with van der Waals surface area (Å²) in [7, 11) is 0. The molecular weight excluding hydrogens is 142 g/mol. The lowest BCUT2D eigenvalue weighted by Gasteiger charge is -2.12. The molecule has 3 heteroatoms. The van der Waals surface area contributed by atoms with Crippen molar-refractivity contribution in [1.82, 2.24) is 5.32 Å². The number of rotatable bonds is 5. The van der Waals surface area contributed by atoms with Gasteiger partial charge in [-0.15, -0.1) is 0 Å². The van der Waals surface area contributed by atoms with E-state index < -0.39 is 0 Å². The van der Waals surface area contributed by atoms with Gasteiger partial charge >= 0.3 is 0 Å². The predicted molar refractivity (Wildman–Crippen MR) is 44.2 cm³/mol. The number of hydrogen-bond acceptors (Lipinski definition) is 2. The molecular formula is C8H17NO2. The first kappa shape index (κ1) is 10.4. The first-order valence-electron chi connectivity index (χ1n) is 4.06. The third-order valence-corrected chi connectivity index (χ3v) is 1.59. The second kappa shape index (κ2) is 6.16. The van der Waals surface area contributed by atoms with Gasteiger partial charge < -0.3 is 10.4 Å². The van der Waals surface area contributed by atoms with Gasteiger partial charge in [0.1, 0.15) is 0 Å². The van der Waals surface area contributed by atoms with Crippen molar-refractivity contribution < 1.29 is 9.90 Å². The Morgan fingerprint density at radius 1 is 1.64 bits per heavy atom. The van der Waals surface area contributed by atoms with Crippen LogP contribution in [0.5, 0.6) is 0 Å². The standard InChI is InChI=1S/C8H17NO2/c1-3-4-8(6-10)5-9-7(2)11/h8,10H,3-6H2,1-2H3,(H,9,11). The van der Waals surface area contributed by atoms with Crippen molar-refractivity contribution in [3.05, 3.63) is 0 Å². The van der Waals surface area contributed by atoms with Crippen LogP contribution in [0.2, 0.25) is 0 Å². The van der Waals surface area contributed by atoms with Gasteiger partial charge in [-0.05, 0) is 12.3 Å². The Balaban J connectivity index is 3.43. The number of carbonyl (C=O) groups excluding carboxylic acids is 1. The van der Waals surface area contributed by atoms with Gasteiger partial charge in [-0.3, -0.25) is 4.79 Å². The fourth-order valence-corrected chi connectivity index (χ4v) is 0.954. The van der Waals surface area contributed by atoms with Crippen LogP contribution in [0.4, 0.5) is 0 Å². The second-order valence-electron chi connectivity index (χ2n) is 2.77. The molecule has 1 atom stereocenters. The Morgan fingerprint density at radius 2 is 2.27 bits per heavy atom. The van der Waals surface area contributed by atoms with E-state index >= 15 is 0 Å². The van der Waals surface area contributed by atoms with Gasteiger partial charge in [0.15, 0.2) is 0 Å². The van der Waals surface area contributed by atoms with Crippen LogP contribution in [-0.4, -0.2) is 24.2 Å². The molecule has 2 N–H and O–H groups in total. The van der Waals surface area contributed by atoms with E-state index in [-0.39, 0.29) is 18.4 Å². The zero-order chi connectivity index (χ0) is 8.69. The average Bonchev–Trinajstić information content (AvgIpc) is 1.97. The Bertz CT molecular complexity index is 115. The molecule has 1 amide bonds. The molecule has 0 aliphatic carbocycles. The van der Waals surface area contributed by atoms with Crippen molar-refractivity contribution in [3.63, 3.8) is 0 Å². The molecule has 1 unspecified atom stereocenters. The molecule has 0 aromatic heterocycles. The van der Waals surface area contributed by atoms with E-state index in [0.717, 1.165) is 12.8 Å². The van der Waals surface area contributed by atoms with Crippen molar-refractivity contribution in [2.45, 2.75) is 26.7 Å². The molecule has 0 saturated heterocycles. The van der Waals surface area contributed by atoms with E-state index in [1.165, 1.54) is 6.92 Å². The Morgan fingerprint density at radius 3 is 2.64 bits per heavy atom. The van der Waals surface area contributed by atoms with Crippen LogP contribution in [0.15, 0.2) is 0 Å². The number of aliphatic hydroxyl groups excluding tert-OH is 1. The molecule has 0 aromatic carbocycles. The Kier molecular flexibility index (Phi) is 5.84. The molecule has 0 aliphatic rings. The molecule has 66 valence electrons. The van der Waals surface area contributed by atoms with Crippen molar-refractivity contribution >= 4 is 5.91 Å². The lowest BCUT2D eigenvalue weighted by molar-refractivity contribution is -0.119. The van der Waals surface area contributed by atoms with Gasteiger partial charge in [0.2, 0.25) is 5.91 Å². The Labute approximate surface area is 67.8 Å². The van der Waals surface area contributed by atoms with E-state index in [4.69, 9.17) is 5.11 Å². The van der Waals surface area contributed by atoms with Gasteiger partial charge in [-0.25, -0.2) is 0 Å². The molecule has 3 nitrogen and oxygen atoms in total. The number of hydrogen-bond donors (Lipinski definition) is 2. The summed E-state index contributed by atoms with van der Waals surface area (Å²) in [5, 5.41) is 11.5. The van der Waals surface area contributed by atoms with Gasteiger partial charge in [-0.1, -0.05) is 13.3 Å². The summed E-state index contributed by atoms with van der Waals surface area (Å²) in [4.78, 5) is 10.5. The first-order chi connectivity index (χ1) is 5.20. The maximum Gasteiger partial charge on any atom is 0.216 e. The highest BCUT2D eigenvalue weighted by molar-refractivity contribution is 5.72. The van der Waals surface area contributed by atoms with Crippen LogP contribution in [0.25, 0.3) is 0 Å². The molecule has 0 fully saturated rings. The topological polar surface area (TPSA) is 49.3 Å². The summed E-state index contributed by atoms with van der Waals surface area (Å²) in [6.45, 7) is 4.31. The van der Waals surface area contributed by atoms with Crippen LogP contribution >= 0.6 is 0 Å². The normalized spacial score (nSPS) is 12.6. The second-order valence-corrected chi connectivity index (χ2v) is 2.77. The van der Waals surface area contributed by atoms with E-state index in [9.17, 15) is 4.79 Å². The van der Waals surface area contributed by atoms with Crippen LogP contribution in [0.3, 0.4) is 0 Å². The maximum absolute atomic E-state index is 10.5. The van der Waals surface area contributed by atoms with Gasteiger partial charge in [0.05, 0.1) is 0 Å². The van der Waals surface area contributed by atoms with E-state index in [1.807, 2.05) is 0 Å². The molecule has 0 rings (SSSR count). The molecule has 0 aliphatic heterocycles. The average molecular weight is 159 g/mol. The van der Waals surface area contributed by atoms with Gasteiger partial charge in [-0.2, -0.15) is 0 Å². The minimum Gasteiger partial charge on any atom is -0.396 e. The largest absolute Gasteiger partial charge is 0.396 e.